The van der Waals surface area contributed by atoms with Crippen LogP contribution >= 0.6 is 0 Å². The van der Waals surface area contributed by atoms with Crippen LogP contribution in [0.25, 0.3) is 0 Å². The normalized spacial score (nSPS) is 15.7. The highest BCUT2D eigenvalue weighted by atomic mass is 32.2. The average molecular weight is 382 g/mol. The number of aliphatic carboxylic acids is 1. The molecular formula is C17H22N2O6S. The zero-order chi connectivity index (χ0) is 19.7. The molecule has 142 valence electrons. The summed E-state index contributed by atoms with van der Waals surface area (Å²) in [4.78, 5) is 35.8. The third kappa shape index (κ3) is 3.07. The molecule has 1 aliphatic rings. The third-order valence-electron chi connectivity index (χ3n) is 4.95. The van der Waals surface area contributed by atoms with Gasteiger partial charge in [0, 0.05) is 18.7 Å². The van der Waals surface area contributed by atoms with Gasteiger partial charge in [-0.2, -0.15) is 0 Å². The number of hydrogen-bond acceptors (Lipinski definition) is 5. The summed E-state index contributed by atoms with van der Waals surface area (Å²) in [5.41, 5.74) is -0.983. The molecule has 0 unspecified atom stereocenters. The molecule has 8 nitrogen and oxygen atoms in total. The third-order valence-corrected chi connectivity index (χ3v) is 6.85. The molecule has 0 aliphatic carbocycles. The summed E-state index contributed by atoms with van der Waals surface area (Å²) in [5.74, 6) is -2.20. The Balaban J connectivity index is 2.29. The fraction of sp³-hybridized carbons (Fsp3) is 0.471. The van der Waals surface area contributed by atoms with Gasteiger partial charge in [0.25, 0.3) is 21.8 Å². The molecule has 1 heterocycles. The Kier molecular flexibility index (Phi) is 5.41. The number of carboxylic acids is 1. The fourth-order valence-electron chi connectivity index (χ4n) is 2.96. The van der Waals surface area contributed by atoms with Gasteiger partial charge in [-0.15, -0.1) is 0 Å². The number of rotatable bonds is 7. The van der Waals surface area contributed by atoms with Gasteiger partial charge in [-0.3, -0.25) is 14.4 Å². The van der Waals surface area contributed by atoms with Crippen molar-refractivity contribution >= 4 is 27.8 Å². The number of sulfonamides is 1. The van der Waals surface area contributed by atoms with E-state index in [1.54, 1.807) is 20.8 Å². The van der Waals surface area contributed by atoms with E-state index in [4.69, 9.17) is 0 Å². The Morgan fingerprint density at radius 2 is 1.81 bits per heavy atom. The summed E-state index contributed by atoms with van der Waals surface area (Å²) in [6.07, 6.45) is 0.690. The molecule has 1 aromatic carbocycles. The second-order valence-corrected chi connectivity index (χ2v) is 7.99. The van der Waals surface area contributed by atoms with E-state index in [2.05, 4.69) is 5.32 Å². The van der Waals surface area contributed by atoms with Gasteiger partial charge in [0.05, 0.1) is 11.0 Å². The maximum Gasteiger partial charge on any atom is 0.311 e. The van der Waals surface area contributed by atoms with Crippen LogP contribution in [0.3, 0.4) is 0 Å². The van der Waals surface area contributed by atoms with Crippen LogP contribution in [-0.2, 0) is 14.8 Å². The smallest absolute Gasteiger partial charge is 0.311 e. The van der Waals surface area contributed by atoms with Gasteiger partial charge in [-0.1, -0.05) is 13.8 Å². The zero-order valence-corrected chi connectivity index (χ0v) is 15.7. The van der Waals surface area contributed by atoms with Crippen LogP contribution in [0.1, 0.15) is 54.3 Å². The molecule has 26 heavy (non-hydrogen) atoms. The monoisotopic (exact) mass is 382 g/mol. The first-order valence-corrected chi connectivity index (χ1v) is 9.81. The second-order valence-electron chi connectivity index (χ2n) is 6.16. The SMILES string of the molecule is CCN1C(=O)c2ccc(C(=O)NCC(CC)(CC)C(=O)O)cc2S1(=O)=O. The van der Waals surface area contributed by atoms with Crippen molar-refractivity contribution in [3.05, 3.63) is 29.3 Å². The molecule has 1 aromatic rings. The maximum atomic E-state index is 12.4. The Morgan fingerprint density at radius 1 is 1.19 bits per heavy atom. The minimum Gasteiger partial charge on any atom is -0.481 e. The van der Waals surface area contributed by atoms with Crippen molar-refractivity contribution < 1.29 is 27.9 Å². The largest absolute Gasteiger partial charge is 0.481 e. The molecule has 0 radical (unpaired) electrons. The van der Waals surface area contributed by atoms with Crippen molar-refractivity contribution in [2.45, 2.75) is 38.5 Å². The molecule has 2 rings (SSSR count). The van der Waals surface area contributed by atoms with Gasteiger partial charge in [-0.05, 0) is 38.0 Å². The van der Waals surface area contributed by atoms with Gasteiger partial charge in [0.15, 0.2) is 0 Å². The summed E-state index contributed by atoms with van der Waals surface area (Å²) in [5, 5.41) is 12.0. The summed E-state index contributed by atoms with van der Waals surface area (Å²) in [7, 11) is -3.96. The van der Waals surface area contributed by atoms with Crippen LogP contribution in [0.5, 0.6) is 0 Å². The fourth-order valence-corrected chi connectivity index (χ4v) is 4.56. The van der Waals surface area contributed by atoms with Crippen LogP contribution in [-0.4, -0.2) is 48.7 Å². The highest BCUT2D eigenvalue weighted by Crippen LogP contribution is 2.31. The van der Waals surface area contributed by atoms with Crippen LogP contribution in [0.15, 0.2) is 23.1 Å². The van der Waals surface area contributed by atoms with Crippen LogP contribution < -0.4 is 5.32 Å². The van der Waals surface area contributed by atoms with E-state index in [1.807, 2.05) is 0 Å². The van der Waals surface area contributed by atoms with E-state index in [0.29, 0.717) is 12.8 Å². The molecule has 0 saturated carbocycles. The topological polar surface area (TPSA) is 121 Å². The van der Waals surface area contributed by atoms with Gasteiger partial charge in [0.1, 0.15) is 4.90 Å². The van der Waals surface area contributed by atoms with Crippen molar-refractivity contribution in [3.63, 3.8) is 0 Å². The van der Waals surface area contributed by atoms with Crippen LogP contribution in [0, 0.1) is 5.41 Å². The summed E-state index contributed by atoms with van der Waals surface area (Å²) < 4.78 is 25.5. The van der Waals surface area contributed by atoms with E-state index >= 15 is 0 Å². The maximum absolute atomic E-state index is 12.4. The van der Waals surface area contributed by atoms with Crippen molar-refractivity contribution in [1.82, 2.24) is 9.62 Å². The standard InChI is InChI=1S/C17H22N2O6S/c1-4-17(5-2,16(22)23)10-18-14(20)11-7-8-12-13(9-11)26(24,25)19(6-3)15(12)21/h7-9H,4-6,10H2,1-3H3,(H,18,20)(H,22,23). The average Bonchev–Trinajstić information content (AvgIpc) is 2.81. The minimum atomic E-state index is -3.96. The van der Waals surface area contributed by atoms with Crippen LogP contribution in [0.4, 0.5) is 0 Å². The Hall–Kier alpha value is -2.42. The Morgan fingerprint density at radius 3 is 2.31 bits per heavy atom. The molecule has 0 saturated heterocycles. The molecule has 0 fully saturated rings. The van der Waals surface area contributed by atoms with E-state index in [1.165, 1.54) is 12.1 Å². The molecule has 1 aliphatic heterocycles. The number of carbonyl (C=O) groups excluding carboxylic acids is 2. The molecule has 0 spiro atoms. The highest BCUT2D eigenvalue weighted by Gasteiger charge is 2.41. The minimum absolute atomic E-state index is 0.00546. The predicted octanol–water partition coefficient (Wildman–Crippen LogP) is 1.47. The van der Waals surface area contributed by atoms with Gasteiger partial charge >= 0.3 is 5.97 Å². The molecule has 0 atom stereocenters. The quantitative estimate of drug-likeness (QED) is 0.737. The first-order valence-electron chi connectivity index (χ1n) is 8.37. The summed E-state index contributed by atoms with van der Waals surface area (Å²) in [6, 6.07) is 3.83. The van der Waals surface area contributed by atoms with Crippen molar-refractivity contribution in [3.8, 4) is 0 Å². The number of carbonyl (C=O) groups is 3. The van der Waals surface area contributed by atoms with Crippen LogP contribution in [0.2, 0.25) is 0 Å². The lowest BCUT2D eigenvalue weighted by Crippen LogP contribution is -2.42. The number of amides is 2. The molecule has 0 aromatic heterocycles. The number of nitrogens with one attached hydrogen (secondary N) is 1. The van der Waals surface area contributed by atoms with Gasteiger partial charge in [-0.25, -0.2) is 12.7 Å². The Bertz CT molecular complexity index is 858. The zero-order valence-electron chi connectivity index (χ0n) is 14.9. The number of hydrogen-bond donors (Lipinski definition) is 2. The van der Waals surface area contributed by atoms with Crippen molar-refractivity contribution in [2.75, 3.05) is 13.1 Å². The van der Waals surface area contributed by atoms with Crippen molar-refractivity contribution in [2.24, 2.45) is 5.41 Å². The molecule has 2 amide bonds. The van der Waals surface area contributed by atoms with E-state index < -0.39 is 33.2 Å². The highest BCUT2D eigenvalue weighted by molar-refractivity contribution is 7.90. The predicted molar refractivity (Wildman–Crippen MR) is 93.3 cm³/mol. The number of benzene rings is 1. The number of carboxylic acid groups (broad SMARTS) is 1. The van der Waals surface area contributed by atoms with Gasteiger partial charge < -0.3 is 10.4 Å². The molecule has 0 bridgehead atoms. The second kappa shape index (κ2) is 7.06. The lowest BCUT2D eigenvalue weighted by atomic mass is 9.82. The van der Waals surface area contributed by atoms with Crippen molar-refractivity contribution in [1.29, 1.82) is 0 Å². The molecule has 9 heteroatoms. The van der Waals surface area contributed by atoms with E-state index in [-0.39, 0.29) is 29.1 Å². The van der Waals surface area contributed by atoms with E-state index in [9.17, 15) is 27.9 Å². The first-order chi connectivity index (χ1) is 12.1. The number of fused-ring (bicyclic) bond motifs is 1. The summed E-state index contributed by atoms with van der Waals surface area (Å²) in [6.45, 7) is 4.95. The number of nitrogens with zero attached hydrogens (tertiary/aromatic N) is 1. The lowest BCUT2D eigenvalue weighted by Gasteiger charge is -2.26. The molecular weight excluding hydrogens is 360 g/mol. The molecule has 2 N–H and O–H groups in total. The Labute approximate surface area is 152 Å². The first kappa shape index (κ1) is 19.9. The van der Waals surface area contributed by atoms with E-state index in [0.717, 1.165) is 10.4 Å². The van der Waals surface area contributed by atoms with Gasteiger partial charge in [0.2, 0.25) is 0 Å². The lowest BCUT2D eigenvalue weighted by molar-refractivity contribution is -0.149. The summed E-state index contributed by atoms with van der Waals surface area (Å²) >= 11 is 0.